The van der Waals surface area contributed by atoms with Gasteiger partial charge in [0, 0.05) is 29.5 Å². The lowest BCUT2D eigenvalue weighted by Crippen LogP contribution is -2.34. The molecule has 7 rings (SSSR count). The molecule has 2 amide bonds. The van der Waals surface area contributed by atoms with E-state index in [0.717, 1.165) is 12.1 Å². The zero-order valence-corrected chi connectivity index (χ0v) is 22.3. The molecule has 1 fully saturated rings. The fourth-order valence-electron chi connectivity index (χ4n) is 6.78. The highest BCUT2D eigenvalue weighted by atomic mass is 19.4. The van der Waals surface area contributed by atoms with E-state index in [1.54, 1.807) is 12.1 Å². The molecule has 0 saturated heterocycles. The second-order valence-electron chi connectivity index (χ2n) is 11.2. The number of rotatable bonds is 3. The van der Waals surface area contributed by atoms with Gasteiger partial charge in [-0.15, -0.1) is 0 Å². The Bertz CT molecular complexity index is 1890. The zero-order chi connectivity index (χ0) is 31.3. The number of fused-ring (bicyclic) bond motifs is 4. The molecule has 14 heteroatoms. The number of carbonyl (C=O) groups excluding carboxylic acids is 2. The number of hydrogen-bond acceptors (Lipinski definition) is 4. The molecule has 1 aliphatic heterocycles. The Morgan fingerprint density at radius 2 is 1.84 bits per heavy atom. The molecule has 226 valence electrons. The predicted octanol–water partition coefficient (Wildman–Crippen LogP) is 5.36. The molecule has 3 unspecified atom stereocenters. The summed E-state index contributed by atoms with van der Waals surface area (Å²) < 4.78 is 103. The minimum Gasteiger partial charge on any atom is -0.366 e. The van der Waals surface area contributed by atoms with E-state index in [9.17, 15) is 31.5 Å². The Kier molecular flexibility index (Phi) is 5.97. The summed E-state index contributed by atoms with van der Waals surface area (Å²) in [5.74, 6) is -11.0. The Morgan fingerprint density at radius 3 is 2.57 bits per heavy atom. The van der Waals surface area contributed by atoms with Gasteiger partial charge in [-0.1, -0.05) is 18.2 Å². The first-order valence-corrected chi connectivity index (χ1v) is 13.4. The molecular formula is C30H20F7N5O2. The first-order chi connectivity index (χ1) is 20.8. The van der Waals surface area contributed by atoms with Crippen LogP contribution in [0.5, 0.6) is 0 Å². The maximum atomic E-state index is 15.5. The maximum Gasteiger partial charge on any atom is 0.435 e. The third kappa shape index (κ3) is 4.26. The summed E-state index contributed by atoms with van der Waals surface area (Å²) in [5.41, 5.74) is 2.92. The number of halogens is 7. The van der Waals surface area contributed by atoms with E-state index in [4.69, 9.17) is 5.73 Å². The maximum absolute atomic E-state index is 15.5. The Morgan fingerprint density at radius 1 is 1.07 bits per heavy atom. The molecule has 2 aromatic heterocycles. The zero-order valence-electron chi connectivity index (χ0n) is 22.3. The number of primary amides is 1. The summed E-state index contributed by atoms with van der Waals surface area (Å²) in [6.07, 6.45) is -3.89. The van der Waals surface area contributed by atoms with E-state index in [0.29, 0.717) is 21.4 Å². The summed E-state index contributed by atoms with van der Waals surface area (Å²) in [4.78, 5) is 29.6. The van der Waals surface area contributed by atoms with Crippen LogP contribution in [0.3, 0.4) is 0 Å². The van der Waals surface area contributed by atoms with Crippen molar-refractivity contribution in [2.75, 3.05) is 0 Å². The molecular weight excluding hydrogens is 595 g/mol. The first-order valence-electron chi connectivity index (χ1n) is 13.4. The molecule has 4 aromatic rings. The SMILES string of the molecule is NC(=O)c1cc(-c2cccnc2[C@@H]2Cc3cc(F)cc(c3)C3C4c5c(c(C(F)(F)F)nn5CC(=O)N2)C(F)(F)C34)ccc1F. The summed E-state index contributed by atoms with van der Waals surface area (Å²) in [6, 6.07) is 9.51. The lowest BCUT2D eigenvalue weighted by Gasteiger charge is -2.23. The molecule has 2 bridgehead atoms. The van der Waals surface area contributed by atoms with Crippen LogP contribution >= 0.6 is 0 Å². The van der Waals surface area contributed by atoms with E-state index in [1.807, 2.05) is 0 Å². The molecule has 3 heterocycles. The van der Waals surface area contributed by atoms with E-state index in [-0.39, 0.29) is 23.4 Å². The largest absolute Gasteiger partial charge is 0.435 e. The highest BCUT2D eigenvalue weighted by Crippen LogP contribution is 2.75. The number of hydrogen-bond donors (Lipinski definition) is 2. The topological polar surface area (TPSA) is 103 Å². The molecule has 2 aliphatic carbocycles. The van der Waals surface area contributed by atoms with Crippen LogP contribution < -0.4 is 11.1 Å². The number of aromatic nitrogens is 3. The second-order valence-corrected chi connectivity index (χ2v) is 11.2. The van der Waals surface area contributed by atoms with Crippen molar-refractivity contribution >= 4 is 11.8 Å². The van der Waals surface area contributed by atoms with Gasteiger partial charge in [0.05, 0.1) is 28.6 Å². The lowest BCUT2D eigenvalue weighted by molar-refractivity contribution is -0.146. The molecule has 4 atom stereocenters. The first kappa shape index (κ1) is 28.0. The van der Waals surface area contributed by atoms with Crippen molar-refractivity contribution in [3.8, 4) is 11.1 Å². The fraction of sp³-hybridized carbons (Fsp3) is 0.267. The van der Waals surface area contributed by atoms with Gasteiger partial charge in [-0.2, -0.15) is 18.3 Å². The molecule has 0 spiro atoms. The van der Waals surface area contributed by atoms with Crippen molar-refractivity contribution in [2.45, 2.75) is 42.9 Å². The van der Waals surface area contributed by atoms with Gasteiger partial charge in [-0.05, 0) is 53.4 Å². The third-order valence-corrected chi connectivity index (χ3v) is 8.49. The van der Waals surface area contributed by atoms with Gasteiger partial charge in [0.1, 0.15) is 18.2 Å². The van der Waals surface area contributed by atoms with Gasteiger partial charge in [-0.25, -0.2) is 17.6 Å². The van der Waals surface area contributed by atoms with Gasteiger partial charge in [-0.3, -0.25) is 19.3 Å². The average Bonchev–Trinajstić information content (AvgIpc) is 3.50. The number of nitrogens with zero attached hydrogens (tertiary/aromatic N) is 3. The van der Waals surface area contributed by atoms with Crippen molar-refractivity contribution in [1.29, 1.82) is 0 Å². The normalized spacial score (nSPS) is 23.3. The summed E-state index contributed by atoms with van der Waals surface area (Å²) >= 11 is 0. The minimum absolute atomic E-state index is 0.0894. The average molecular weight is 616 g/mol. The van der Waals surface area contributed by atoms with Crippen LogP contribution in [0.4, 0.5) is 30.7 Å². The van der Waals surface area contributed by atoms with Gasteiger partial charge in [0.25, 0.3) is 11.8 Å². The fourth-order valence-corrected chi connectivity index (χ4v) is 6.78. The van der Waals surface area contributed by atoms with Gasteiger partial charge < -0.3 is 11.1 Å². The van der Waals surface area contributed by atoms with Crippen LogP contribution in [0.2, 0.25) is 0 Å². The summed E-state index contributed by atoms with van der Waals surface area (Å²) in [6.45, 7) is -0.798. The number of carbonyl (C=O) groups is 2. The van der Waals surface area contributed by atoms with Crippen molar-refractivity contribution in [1.82, 2.24) is 20.1 Å². The molecule has 3 aliphatic rings. The van der Waals surface area contributed by atoms with E-state index < -0.39 is 82.7 Å². The van der Waals surface area contributed by atoms with Crippen molar-refractivity contribution < 1.29 is 40.3 Å². The third-order valence-electron chi connectivity index (χ3n) is 8.49. The van der Waals surface area contributed by atoms with Crippen molar-refractivity contribution in [2.24, 2.45) is 11.7 Å². The van der Waals surface area contributed by atoms with Crippen LogP contribution in [0.25, 0.3) is 11.1 Å². The minimum atomic E-state index is -5.20. The van der Waals surface area contributed by atoms with Crippen molar-refractivity contribution in [3.05, 3.63) is 106 Å². The van der Waals surface area contributed by atoms with E-state index in [2.05, 4.69) is 15.4 Å². The number of nitrogens with two attached hydrogens (primary N) is 1. The standard InChI is InChI=1S/C30H20F7N5O2/c31-15-7-12-6-14(9-15)21-22-23(21)29(33,34)24-26(22)42(41-27(24)30(35,36)37)11-20(43)40-19(8-12)25-16(2-1-5-39-25)13-3-4-18(32)17(10-13)28(38)44/h1-7,9-10,19,21-23H,8,11H2,(H2,38,44)(H,40,43)/t19-,21?,22?,23?/m0/s1. The number of nitrogens with one attached hydrogen (secondary N) is 1. The van der Waals surface area contributed by atoms with Gasteiger partial charge in [0.15, 0.2) is 5.69 Å². The predicted molar refractivity (Wildman–Crippen MR) is 139 cm³/mol. The highest BCUT2D eigenvalue weighted by molar-refractivity contribution is 5.94. The van der Waals surface area contributed by atoms with Crippen LogP contribution in [0.15, 0.2) is 54.7 Å². The van der Waals surface area contributed by atoms with Crippen LogP contribution in [0, 0.1) is 17.6 Å². The monoisotopic (exact) mass is 615 g/mol. The van der Waals surface area contributed by atoms with Crippen LogP contribution in [-0.4, -0.2) is 26.6 Å². The number of pyridine rings is 1. The van der Waals surface area contributed by atoms with E-state index >= 15 is 8.78 Å². The molecule has 44 heavy (non-hydrogen) atoms. The molecule has 0 radical (unpaired) electrons. The Labute approximate surface area is 243 Å². The quantitative estimate of drug-likeness (QED) is 0.303. The number of alkyl halides is 5. The lowest BCUT2D eigenvalue weighted by atomic mass is 9.92. The van der Waals surface area contributed by atoms with Crippen LogP contribution in [-0.2, 0) is 29.9 Å². The van der Waals surface area contributed by atoms with Gasteiger partial charge in [0.2, 0.25) is 5.91 Å². The second kappa shape index (κ2) is 9.37. The summed E-state index contributed by atoms with van der Waals surface area (Å²) in [5, 5.41) is 6.13. The highest BCUT2D eigenvalue weighted by Gasteiger charge is 2.74. The molecule has 2 aromatic carbocycles. The van der Waals surface area contributed by atoms with E-state index in [1.165, 1.54) is 30.5 Å². The smallest absolute Gasteiger partial charge is 0.366 e. The van der Waals surface area contributed by atoms with Crippen molar-refractivity contribution in [3.63, 3.8) is 0 Å². The van der Waals surface area contributed by atoms with Gasteiger partial charge >= 0.3 is 6.18 Å². The molecule has 1 saturated carbocycles. The number of benzene rings is 2. The molecule has 7 nitrogen and oxygen atoms in total. The van der Waals surface area contributed by atoms with Crippen LogP contribution in [0.1, 0.15) is 62.0 Å². The molecule has 3 N–H and O–H groups in total. The Hall–Kier alpha value is -4.75. The summed E-state index contributed by atoms with van der Waals surface area (Å²) in [7, 11) is 0. The Balaban J connectivity index is 1.37. The number of amides is 2.